The third-order valence-electron chi connectivity index (χ3n) is 2.99. The zero-order chi connectivity index (χ0) is 16.4. The molecule has 0 radical (unpaired) electrons. The van der Waals surface area contributed by atoms with Gasteiger partial charge in [0, 0.05) is 12.5 Å². The van der Waals surface area contributed by atoms with Crippen molar-refractivity contribution in [3.8, 4) is 5.75 Å². The molecule has 2 aromatic rings. The molecule has 0 bridgehead atoms. The van der Waals surface area contributed by atoms with Gasteiger partial charge >= 0.3 is 5.97 Å². The SMILES string of the molecule is O=C(O)c1ccc(CC(=O)c2cc(F)c(O)cc2F)c(F)c1. The third kappa shape index (κ3) is 3.08. The predicted octanol–water partition coefficient (Wildman–Crippen LogP) is 2.93. The van der Waals surface area contributed by atoms with Crippen molar-refractivity contribution in [1.82, 2.24) is 0 Å². The summed E-state index contributed by atoms with van der Waals surface area (Å²) in [6.45, 7) is 0. The number of halogens is 3. The van der Waals surface area contributed by atoms with Gasteiger partial charge in [0.05, 0.1) is 11.1 Å². The molecule has 0 unspecified atom stereocenters. The minimum absolute atomic E-state index is 0.150. The van der Waals surface area contributed by atoms with Crippen LogP contribution in [0.15, 0.2) is 30.3 Å². The average molecular weight is 310 g/mol. The van der Waals surface area contributed by atoms with E-state index < -0.39 is 46.9 Å². The summed E-state index contributed by atoms with van der Waals surface area (Å²) in [4.78, 5) is 22.6. The number of hydrogen-bond acceptors (Lipinski definition) is 3. The van der Waals surface area contributed by atoms with E-state index in [0.717, 1.165) is 18.2 Å². The molecule has 2 rings (SSSR count). The molecule has 0 saturated carbocycles. The van der Waals surface area contributed by atoms with Gasteiger partial charge in [0.25, 0.3) is 0 Å². The standard InChI is InChI=1S/C15H9F3O4/c16-10-3-8(15(21)22)2-1-7(10)4-13(19)9-5-12(18)14(20)6-11(9)17/h1-3,5-6,20H,4H2,(H,21,22). The number of Topliss-reactive ketones (excluding diaryl/α,β-unsaturated/α-hetero) is 1. The fraction of sp³-hybridized carbons (Fsp3) is 0.0667. The van der Waals surface area contributed by atoms with Crippen molar-refractivity contribution in [2.75, 3.05) is 0 Å². The van der Waals surface area contributed by atoms with Crippen LogP contribution in [0.3, 0.4) is 0 Å². The second-order valence-electron chi connectivity index (χ2n) is 4.49. The predicted molar refractivity (Wildman–Crippen MR) is 69.4 cm³/mol. The van der Waals surface area contributed by atoms with Gasteiger partial charge in [0.15, 0.2) is 17.3 Å². The zero-order valence-corrected chi connectivity index (χ0v) is 10.9. The number of hydrogen-bond donors (Lipinski definition) is 2. The van der Waals surface area contributed by atoms with E-state index in [0.29, 0.717) is 12.1 Å². The summed E-state index contributed by atoms with van der Waals surface area (Å²) in [5.74, 6) is -6.42. The van der Waals surface area contributed by atoms with Crippen LogP contribution in [0, 0.1) is 17.5 Å². The first-order chi connectivity index (χ1) is 10.3. The minimum atomic E-state index is -1.33. The van der Waals surface area contributed by atoms with Crippen molar-refractivity contribution in [2.45, 2.75) is 6.42 Å². The van der Waals surface area contributed by atoms with Gasteiger partial charge in [-0.3, -0.25) is 4.79 Å². The topological polar surface area (TPSA) is 74.6 Å². The monoisotopic (exact) mass is 310 g/mol. The van der Waals surface area contributed by atoms with E-state index in [4.69, 9.17) is 10.2 Å². The zero-order valence-electron chi connectivity index (χ0n) is 10.9. The number of phenols is 1. The van der Waals surface area contributed by atoms with Gasteiger partial charge in [-0.15, -0.1) is 0 Å². The van der Waals surface area contributed by atoms with Gasteiger partial charge < -0.3 is 10.2 Å². The second-order valence-corrected chi connectivity index (χ2v) is 4.49. The van der Waals surface area contributed by atoms with Gasteiger partial charge in [0.2, 0.25) is 0 Å². The Hall–Kier alpha value is -2.83. The van der Waals surface area contributed by atoms with Crippen molar-refractivity contribution < 1.29 is 33.0 Å². The van der Waals surface area contributed by atoms with Crippen LogP contribution >= 0.6 is 0 Å². The van der Waals surface area contributed by atoms with Crippen molar-refractivity contribution in [3.63, 3.8) is 0 Å². The number of carbonyl (C=O) groups excluding carboxylic acids is 1. The van der Waals surface area contributed by atoms with Crippen LogP contribution in [-0.4, -0.2) is 22.0 Å². The van der Waals surface area contributed by atoms with Crippen molar-refractivity contribution in [2.24, 2.45) is 0 Å². The molecule has 0 fully saturated rings. The van der Waals surface area contributed by atoms with E-state index in [-0.39, 0.29) is 11.1 Å². The van der Waals surface area contributed by atoms with E-state index in [1.54, 1.807) is 0 Å². The lowest BCUT2D eigenvalue weighted by Gasteiger charge is -2.06. The molecule has 2 aromatic carbocycles. The Balaban J connectivity index is 2.30. The highest BCUT2D eigenvalue weighted by Crippen LogP contribution is 2.22. The van der Waals surface area contributed by atoms with Gasteiger partial charge in [-0.25, -0.2) is 18.0 Å². The number of rotatable bonds is 4. The molecule has 22 heavy (non-hydrogen) atoms. The lowest BCUT2D eigenvalue weighted by atomic mass is 10.0. The summed E-state index contributed by atoms with van der Waals surface area (Å²) in [6.07, 6.45) is -0.577. The van der Waals surface area contributed by atoms with Gasteiger partial charge in [-0.1, -0.05) is 6.07 Å². The first-order valence-electron chi connectivity index (χ1n) is 6.02. The highest BCUT2D eigenvalue weighted by Gasteiger charge is 2.18. The molecule has 0 aliphatic heterocycles. The molecular weight excluding hydrogens is 301 g/mol. The minimum Gasteiger partial charge on any atom is -0.505 e. The Morgan fingerprint density at radius 3 is 2.23 bits per heavy atom. The fourth-order valence-corrected chi connectivity index (χ4v) is 1.84. The van der Waals surface area contributed by atoms with E-state index in [9.17, 15) is 22.8 Å². The summed E-state index contributed by atoms with van der Waals surface area (Å²) in [6, 6.07) is 3.90. The lowest BCUT2D eigenvalue weighted by molar-refractivity contribution is 0.0696. The van der Waals surface area contributed by atoms with E-state index in [1.807, 2.05) is 0 Å². The van der Waals surface area contributed by atoms with Crippen LogP contribution in [0.2, 0.25) is 0 Å². The van der Waals surface area contributed by atoms with E-state index in [2.05, 4.69) is 0 Å². The maximum absolute atomic E-state index is 13.7. The lowest BCUT2D eigenvalue weighted by Crippen LogP contribution is -2.09. The quantitative estimate of drug-likeness (QED) is 0.852. The molecule has 2 N–H and O–H groups in total. The number of ketones is 1. The van der Waals surface area contributed by atoms with Crippen LogP contribution in [0.5, 0.6) is 5.75 Å². The molecule has 7 heteroatoms. The Kier molecular flexibility index (Phi) is 4.16. The molecule has 0 spiro atoms. The number of carbonyl (C=O) groups is 2. The number of aromatic carboxylic acids is 1. The number of benzene rings is 2. The number of aromatic hydroxyl groups is 1. The molecule has 0 atom stereocenters. The molecule has 114 valence electrons. The van der Waals surface area contributed by atoms with E-state index >= 15 is 0 Å². The molecule has 0 aromatic heterocycles. The van der Waals surface area contributed by atoms with Crippen molar-refractivity contribution in [3.05, 3.63) is 64.5 Å². The second kappa shape index (κ2) is 5.88. The smallest absolute Gasteiger partial charge is 0.335 e. The molecule has 0 saturated heterocycles. The molecule has 4 nitrogen and oxygen atoms in total. The highest BCUT2D eigenvalue weighted by molar-refractivity contribution is 5.98. The van der Waals surface area contributed by atoms with E-state index in [1.165, 1.54) is 0 Å². The maximum Gasteiger partial charge on any atom is 0.335 e. The van der Waals surface area contributed by atoms with Gasteiger partial charge in [-0.2, -0.15) is 0 Å². The number of carboxylic acid groups (broad SMARTS) is 1. The Bertz CT molecular complexity index is 772. The third-order valence-corrected chi connectivity index (χ3v) is 2.99. The molecule has 0 amide bonds. The van der Waals surface area contributed by atoms with Crippen molar-refractivity contribution >= 4 is 11.8 Å². The first-order valence-corrected chi connectivity index (χ1v) is 6.02. The van der Waals surface area contributed by atoms with Crippen molar-refractivity contribution in [1.29, 1.82) is 0 Å². The molecule has 0 aliphatic carbocycles. The Morgan fingerprint density at radius 1 is 0.955 bits per heavy atom. The van der Waals surface area contributed by atoms with Gasteiger partial charge in [0.1, 0.15) is 11.6 Å². The molecular formula is C15H9F3O4. The molecule has 0 aliphatic rings. The summed E-state index contributed by atoms with van der Waals surface area (Å²) < 4.78 is 40.4. The largest absolute Gasteiger partial charge is 0.505 e. The Labute approximate surface area is 122 Å². The summed E-state index contributed by atoms with van der Waals surface area (Å²) >= 11 is 0. The maximum atomic E-state index is 13.7. The summed E-state index contributed by atoms with van der Waals surface area (Å²) in [7, 11) is 0. The van der Waals surface area contributed by atoms with Gasteiger partial charge in [-0.05, 0) is 23.8 Å². The van der Waals surface area contributed by atoms with Crippen LogP contribution in [0.4, 0.5) is 13.2 Å². The number of phenolic OH excluding ortho intramolecular Hbond substituents is 1. The molecule has 0 heterocycles. The highest BCUT2D eigenvalue weighted by atomic mass is 19.1. The summed E-state index contributed by atoms with van der Waals surface area (Å²) in [5.41, 5.74) is -1.07. The average Bonchev–Trinajstić information content (AvgIpc) is 2.44. The first kappa shape index (κ1) is 15.6. The Morgan fingerprint density at radius 2 is 1.64 bits per heavy atom. The van der Waals surface area contributed by atoms with Crippen LogP contribution in [-0.2, 0) is 6.42 Å². The van der Waals surface area contributed by atoms with Crippen LogP contribution in [0.25, 0.3) is 0 Å². The fourth-order valence-electron chi connectivity index (χ4n) is 1.84. The van der Waals surface area contributed by atoms with Crippen LogP contribution in [0.1, 0.15) is 26.3 Å². The normalized spacial score (nSPS) is 10.5. The van der Waals surface area contributed by atoms with Crippen LogP contribution < -0.4 is 0 Å². The summed E-state index contributed by atoms with van der Waals surface area (Å²) in [5, 5.41) is 17.7. The number of carboxylic acids is 1.